The quantitative estimate of drug-likeness (QED) is 0.757. The van der Waals surface area contributed by atoms with Crippen LogP contribution in [0.2, 0.25) is 10.0 Å². The lowest BCUT2D eigenvalue weighted by Crippen LogP contribution is -2.48. The standard InChI is InChI=1S/C19H19Cl2FN2O3S/c20-14-5-7-15(8-6-14)28(26,27)24(18-3-1-2-10-23-19(18)25)12-13-4-9-16(21)17(22)11-13/h4-9,11,18H,1-3,10,12H2,(H,23,25). The molecule has 0 saturated carbocycles. The van der Waals surface area contributed by atoms with Crippen molar-refractivity contribution in [2.75, 3.05) is 6.54 Å². The number of benzene rings is 2. The number of rotatable bonds is 5. The van der Waals surface area contributed by atoms with Crippen molar-refractivity contribution in [2.24, 2.45) is 0 Å². The van der Waals surface area contributed by atoms with Crippen LogP contribution in [-0.2, 0) is 21.4 Å². The number of carbonyl (C=O) groups excluding carboxylic acids is 1. The van der Waals surface area contributed by atoms with E-state index in [4.69, 9.17) is 23.2 Å². The average Bonchev–Trinajstić information content (AvgIpc) is 2.87. The maximum absolute atomic E-state index is 13.9. The first-order chi connectivity index (χ1) is 13.3. The maximum Gasteiger partial charge on any atom is 0.244 e. The van der Waals surface area contributed by atoms with Crippen molar-refractivity contribution in [1.82, 2.24) is 9.62 Å². The van der Waals surface area contributed by atoms with Gasteiger partial charge in [-0.05, 0) is 61.2 Å². The highest BCUT2D eigenvalue weighted by Gasteiger charge is 2.36. The average molecular weight is 445 g/mol. The number of nitrogens with one attached hydrogen (secondary N) is 1. The first-order valence-electron chi connectivity index (χ1n) is 8.78. The Bertz CT molecular complexity index is 968. The first-order valence-corrected chi connectivity index (χ1v) is 11.0. The molecule has 1 atom stereocenters. The van der Waals surface area contributed by atoms with Gasteiger partial charge in [0.15, 0.2) is 0 Å². The Morgan fingerprint density at radius 3 is 2.50 bits per heavy atom. The zero-order valence-corrected chi connectivity index (χ0v) is 17.2. The highest BCUT2D eigenvalue weighted by molar-refractivity contribution is 7.89. The summed E-state index contributed by atoms with van der Waals surface area (Å²) in [6, 6.07) is 8.94. The van der Waals surface area contributed by atoms with E-state index in [2.05, 4.69) is 5.32 Å². The molecule has 28 heavy (non-hydrogen) atoms. The molecule has 1 amide bonds. The lowest BCUT2D eigenvalue weighted by atomic mass is 10.1. The Kier molecular flexibility index (Phi) is 6.60. The molecule has 1 aliphatic rings. The second kappa shape index (κ2) is 8.78. The van der Waals surface area contributed by atoms with Crippen molar-refractivity contribution in [2.45, 2.75) is 36.7 Å². The first kappa shape index (κ1) is 21.0. The third kappa shape index (κ3) is 4.66. The summed E-state index contributed by atoms with van der Waals surface area (Å²) in [4.78, 5) is 12.6. The number of sulfonamides is 1. The summed E-state index contributed by atoms with van der Waals surface area (Å²) < 4.78 is 41.7. The summed E-state index contributed by atoms with van der Waals surface area (Å²) in [5.74, 6) is -1.00. The van der Waals surface area contributed by atoms with Gasteiger partial charge in [0, 0.05) is 18.1 Å². The van der Waals surface area contributed by atoms with Crippen molar-refractivity contribution in [3.8, 4) is 0 Å². The van der Waals surface area contributed by atoms with E-state index in [0.29, 0.717) is 30.0 Å². The van der Waals surface area contributed by atoms with Crippen molar-refractivity contribution in [3.05, 3.63) is 63.9 Å². The van der Waals surface area contributed by atoms with Crippen LogP contribution in [0.1, 0.15) is 24.8 Å². The van der Waals surface area contributed by atoms with Gasteiger partial charge in [-0.3, -0.25) is 4.79 Å². The van der Waals surface area contributed by atoms with Gasteiger partial charge in [0.25, 0.3) is 0 Å². The largest absolute Gasteiger partial charge is 0.355 e. The van der Waals surface area contributed by atoms with Gasteiger partial charge in [0.2, 0.25) is 15.9 Å². The molecule has 2 aromatic carbocycles. The van der Waals surface area contributed by atoms with Crippen LogP contribution in [0.4, 0.5) is 4.39 Å². The van der Waals surface area contributed by atoms with Gasteiger partial charge in [-0.1, -0.05) is 29.3 Å². The van der Waals surface area contributed by atoms with Gasteiger partial charge in [-0.2, -0.15) is 4.31 Å². The lowest BCUT2D eigenvalue weighted by Gasteiger charge is -2.29. The number of amides is 1. The number of hydrogen-bond acceptors (Lipinski definition) is 3. The summed E-state index contributed by atoms with van der Waals surface area (Å²) in [7, 11) is -4.03. The van der Waals surface area contributed by atoms with Crippen LogP contribution in [0, 0.1) is 5.82 Å². The molecule has 2 aromatic rings. The highest BCUT2D eigenvalue weighted by Crippen LogP contribution is 2.27. The summed E-state index contributed by atoms with van der Waals surface area (Å²) >= 11 is 11.6. The van der Waals surface area contributed by atoms with Crippen LogP contribution in [0.15, 0.2) is 47.4 Å². The molecule has 0 radical (unpaired) electrons. The van der Waals surface area contributed by atoms with Crippen molar-refractivity contribution >= 4 is 39.1 Å². The van der Waals surface area contributed by atoms with E-state index in [-0.39, 0.29) is 22.4 Å². The predicted molar refractivity (Wildman–Crippen MR) is 106 cm³/mol. The predicted octanol–water partition coefficient (Wildman–Crippen LogP) is 3.99. The monoisotopic (exact) mass is 444 g/mol. The topological polar surface area (TPSA) is 66.5 Å². The zero-order chi connectivity index (χ0) is 20.3. The molecule has 5 nitrogen and oxygen atoms in total. The van der Waals surface area contributed by atoms with Gasteiger partial charge >= 0.3 is 0 Å². The van der Waals surface area contributed by atoms with E-state index >= 15 is 0 Å². The molecule has 1 aliphatic heterocycles. The smallest absolute Gasteiger partial charge is 0.244 e. The van der Waals surface area contributed by atoms with E-state index in [9.17, 15) is 17.6 Å². The van der Waals surface area contributed by atoms with Crippen molar-refractivity contribution < 1.29 is 17.6 Å². The summed E-state index contributed by atoms with van der Waals surface area (Å²) in [5, 5.41) is 3.10. The van der Waals surface area contributed by atoms with Crippen LogP contribution < -0.4 is 5.32 Å². The summed E-state index contributed by atoms with van der Waals surface area (Å²) in [6.07, 6.45) is 1.85. The highest BCUT2D eigenvalue weighted by atomic mass is 35.5. The van der Waals surface area contributed by atoms with Gasteiger partial charge in [-0.25, -0.2) is 12.8 Å². The Morgan fingerprint density at radius 2 is 1.82 bits per heavy atom. The van der Waals surface area contributed by atoms with Gasteiger partial charge in [0.1, 0.15) is 11.9 Å². The molecule has 0 spiro atoms. The molecule has 1 N–H and O–H groups in total. The molecular weight excluding hydrogens is 426 g/mol. The number of nitrogens with zero attached hydrogens (tertiary/aromatic N) is 1. The van der Waals surface area contributed by atoms with E-state index < -0.39 is 21.9 Å². The summed E-state index contributed by atoms with van der Waals surface area (Å²) in [6.45, 7) is 0.344. The van der Waals surface area contributed by atoms with Crippen LogP contribution in [0.25, 0.3) is 0 Å². The third-order valence-corrected chi connectivity index (χ3v) is 7.02. The molecule has 1 unspecified atom stereocenters. The molecule has 1 heterocycles. The fraction of sp³-hybridized carbons (Fsp3) is 0.316. The molecule has 3 rings (SSSR count). The van der Waals surface area contributed by atoms with E-state index in [1.165, 1.54) is 36.4 Å². The molecule has 0 aliphatic carbocycles. The van der Waals surface area contributed by atoms with Gasteiger partial charge < -0.3 is 5.32 Å². The minimum absolute atomic E-state index is 0.0170. The normalized spacial score (nSPS) is 18.0. The molecular formula is C19H19Cl2FN2O3S. The molecule has 0 aromatic heterocycles. The van der Waals surface area contributed by atoms with Crippen molar-refractivity contribution in [1.29, 1.82) is 0 Å². The Morgan fingerprint density at radius 1 is 1.11 bits per heavy atom. The molecule has 0 bridgehead atoms. The Balaban J connectivity index is 2.03. The lowest BCUT2D eigenvalue weighted by molar-refractivity contribution is -0.124. The molecule has 1 saturated heterocycles. The maximum atomic E-state index is 13.9. The van der Waals surface area contributed by atoms with Crippen LogP contribution in [0.5, 0.6) is 0 Å². The molecule has 150 valence electrons. The molecule has 9 heteroatoms. The Hall–Kier alpha value is -1.67. The van der Waals surface area contributed by atoms with Crippen LogP contribution in [-0.4, -0.2) is 31.2 Å². The van der Waals surface area contributed by atoms with E-state index in [0.717, 1.165) is 10.7 Å². The van der Waals surface area contributed by atoms with Crippen molar-refractivity contribution in [3.63, 3.8) is 0 Å². The van der Waals surface area contributed by atoms with Gasteiger partial charge in [-0.15, -0.1) is 0 Å². The minimum atomic E-state index is -4.03. The van der Waals surface area contributed by atoms with Gasteiger partial charge in [0.05, 0.1) is 9.92 Å². The third-order valence-electron chi connectivity index (χ3n) is 4.60. The zero-order valence-electron chi connectivity index (χ0n) is 14.9. The second-order valence-electron chi connectivity index (χ2n) is 6.56. The summed E-state index contributed by atoms with van der Waals surface area (Å²) in [5.41, 5.74) is 0.400. The van der Waals surface area contributed by atoms with E-state index in [1.54, 1.807) is 6.07 Å². The number of carbonyl (C=O) groups is 1. The minimum Gasteiger partial charge on any atom is -0.355 e. The second-order valence-corrected chi connectivity index (χ2v) is 9.29. The fourth-order valence-electron chi connectivity index (χ4n) is 3.12. The number of hydrogen-bond donors (Lipinski definition) is 1. The molecule has 1 fully saturated rings. The Labute approximate surface area is 173 Å². The SMILES string of the molecule is O=C1NCCCCC1N(Cc1ccc(Cl)c(F)c1)S(=O)(=O)c1ccc(Cl)cc1. The fourth-order valence-corrected chi connectivity index (χ4v) is 4.97. The van der Waals surface area contributed by atoms with E-state index in [1.807, 2.05) is 0 Å². The number of halogens is 3. The van der Waals surface area contributed by atoms with Crippen LogP contribution in [0.3, 0.4) is 0 Å². The van der Waals surface area contributed by atoms with Crippen LogP contribution >= 0.6 is 23.2 Å².